The van der Waals surface area contributed by atoms with Crippen LogP contribution < -0.4 is 0 Å². The van der Waals surface area contributed by atoms with Gasteiger partial charge in [0, 0.05) is 5.41 Å². The van der Waals surface area contributed by atoms with Crippen molar-refractivity contribution in [2.24, 2.45) is 17.3 Å². The zero-order chi connectivity index (χ0) is 13.1. The van der Waals surface area contributed by atoms with Gasteiger partial charge in [0.1, 0.15) is 17.8 Å². The van der Waals surface area contributed by atoms with Gasteiger partial charge in [-0.1, -0.05) is 26.8 Å². The molecule has 1 N–H and O–H groups in total. The highest BCUT2D eigenvalue weighted by Gasteiger charge is 2.67. The summed E-state index contributed by atoms with van der Waals surface area (Å²) in [6.07, 6.45) is 4.64. The number of fused-ring (bicyclic) bond motifs is 2. The van der Waals surface area contributed by atoms with Crippen LogP contribution >= 0.6 is 0 Å². The van der Waals surface area contributed by atoms with Crippen LogP contribution in [0.15, 0.2) is 11.6 Å². The van der Waals surface area contributed by atoms with Crippen LogP contribution in [0.4, 0.5) is 0 Å². The molecule has 3 heteroatoms. The van der Waals surface area contributed by atoms with Crippen LogP contribution in [0.25, 0.3) is 0 Å². The Balaban J connectivity index is 2.12. The SMILES string of the molecule is CC1=C[C@H](O)[C@]23OO[C@@H]1C[C@@]2(C)CC[C@@H]3C(C)C. The molecule has 0 radical (unpaired) electrons. The van der Waals surface area contributed by atoms with Crippen LogP contribution in [0.2, 0.25) is 0 Å². The van der Waals surface area contributed by atoms with Crippen LogP contribution in [0.5, 0.6) is 0 Å². The fraction of sp³-hybridized carbons (Fsp3) is 0.867. The molecule has 2 aliphatic heterocycles. The van der Waals surface area contributed by atoms with Crippen LogP contribution in [0.3, 0.4) is 0 Å². The lowest BCUT2D eigenvalue weighted by Crippen LogP contribution is -2.60. The Labute approximate surface area is 109 Å². The van der Waals surface area contributed by atoms with Crippen molar-refractivity contribution in [2.45, 2.75) is 64.8 Å². The van der Waals surface area contributed by atoms with Crippen LogP contribution in [0, 0.1) is 17.3 Å². The number of hydrogen-bond acceptors (Lipinski definition) is 3. The number of hydrogen-bond donors (Lipinski definition) is 1. The molecule has 2 fully saturated rings. The molecule has 3 nitrogen and oxygen atoms in total. The lowest BCUT2D eigenvalue weighted by molar-refractivity contribution is -0.445. The van der Waals surface area contributed by atoms with Gasteiger partial charge in [0.25, 0.3) is 0 Å². The number of aliphatic hydroxyl groups excluding tert-OH is 1. The molecule has 0 amide bonds. The molecule has 2 bridgehead atoms. The zero-order valence-corrected chi connectivity index (χ0v) is 11.8. The van der Waals surface area contributed by atoms with E-state index in [0.717, 1.165) is 24.8 Å². The van der Waals surface area contributed by atoms with E-state index in [9.17, 15) is 5.11 Å². The monoisotopic (exact) mass is 252 g/mol. The first-order chi connectivity index (χ1) is 8.41. The van der Waals surface area contributed by atoms with Gasteiger partial charge in [0.2, 0.25) is 0 Å². The van der Waals surface area contributed by atoms with E-state index in [1.165, 1.54) is 0 Å². The molecule has 4 aliphatic rings. The maximum absolute atomic E-state index is 10.7. The highest BCUT2D eigenvalue weighted by Crippen LogP contribution is 2.62. The summed E-state index contributed by atoms with van der Waals surface area (Å²) in [5.74, 6) is 0.856. The van der Waals surface area contributed by atoms with Crippen molar-refractivity contribution in [2.75, 3.05) is 0 Å². The second kappa shape index (κ2) is 3.81. The molecule has 1 saturated heterocycles. The minimum atomic E-state index is -0.551. The molecular formula is C15H24O3. The van der Waals surface area contributed by atoms with Crippen LogP contribution in [-0.4, -0.2) is 22.9 Å². The number of rotatable bonds is 1. The lowest BCUT2D eigenvalue weighted by Gasteiger charge is -2.51. The third-order valence-electron chi connectivity index (χ3n) is 5.61. The summed E-state index contributed by atoms with van der Waals surface area (Å²) in [6, 6.07) is 0. The molecule has 102 valence electrons. The summed E-state index contributed by atoms with van der Waals surface area (Å²) < 4.78 is 0. The van der Waals surface area contributed by atoms with E-state index in [4.69, 9.17) is 9.78 Å². The Morgan fingerprint density at radius 1 is 1.44 bits per heavy atom. The zero-order valence-electron chi connectivity index (χ0n) is 11.8. The van der Waals surface area contributed by atoms with Crippen molar-refractivity contribution in [1.82, 2.24) is 0 Å². The van der Waals surface area contributed by atoms with Gasteiger partial charge < -0.3 is 5.11 Å². The third-order valence-corrected chi connectivity index (χ3v) is 5.61. The minimum absolute atomic E-state index is 0.0196. The van der Waals surface area contributed by atoms with E-state index < -0.39 is 11.7 Å². The van der Waals surface area contributed by atoms with E-state index in [-0.39, 0.29) is 11.5 Å². The Kier molecular flexibility index (Phi) is 2.68. The average molecular weight is 252 g/mol. The molecular weight excluding hydrogens is 228 g/mol. The maximum Gasteiger partial charge on any atom is 0.141 e. The van der Waals surface area contributed by atoms with Gasteiger partial charge in [0.05, 0.1) is 0 Å². The molecule has 0 aromatic carbocycles. The van der Waals surface area contributed by atoms with Gasteiger partial charge in [-0.15, -0.1) is 0 Å². The summed E-state index contributed by atoms with van der Waals surface area (Å²) >= 11 is 0. The molecule has 0 aromatic heterocycles. The van der Waals surface area contributed by atoms with E-state index in [2.05, 4.69) is 20.8 Å². The van der Waals surface area contributed by atoms with Crippen molar-refractivity contribution >= 4 is 0 Å². The van der Waals surface area contributed by atoms with E-state index in [1.807, 2.05) is 13.0 Å². The summed E-state index contributed by atoms with van der Waals surface area (Å²) in [5, 5.41) is 10.7. The topological polar surface area (TPSA) is 38.7 Å². The molecule has 4 rings (SSSR count). The summed E-state index contributed by atoms with van der Waals surface area (Å²) in [4.78, 5) is 11.5. The number of aliphatic hydroxyl groups is 1. The molecule has 0 aromatic rings. The van der Waals surface area contributed by atoms with Crippen molar-refractivity contribution < 1.29 is 14.9 Å². The first kappa shape index (κ1) is 12.6. The summed E-state index contributed by atoms with van der Waals surface area (Å²) in [7, 11) is 0. The molecule has 1 saturated carbocycles. The molecule has 18 heavy (non-hydrogen) atoms. The van der Waals surface area contributed by atoms with Crippen LogP contribution in [-0.2, 0) is 9.78 Å². The van der Waals surface area contributed by atoms with Gasteiger partial charge >= 0.3 is 0 Å². The highest BCUT2D eigenvalue weighted by molar-refractivity contribution is 5.25. The van der Waals surface area contributed by atoms with E-state index in [0.29, 0.717) is 11.8 Å². The van der Waals surface area contributed by atoms with E-state index >= 15 is 0 Å². The fourth-order valence-electron chi connectivity index (χ4n) is 4.51. The highest BCUT2D eigenvalue weighted by atomic mass is 17.2. The minimum Gasteiger partial charge on any atom is -0.386 e. The predicted molar refractivity (Wildman–Crippen MR) is 68.7 cm³/mol. The maximum atomic E-state index is 10.7. The summed E-state index contributed by atoms with van der Waals surface area (Å²) in [6.45, 7) is 8.73. The quantitative estimate of drug-likeness (QED) is 0.576. The molecule has 1 spiro atoms. The normalized spacial score (nSPS) is 51.2. The molecule has 0 unspecified atom stereocenters. The third kappa shape index (κ3) is 1.36. The molecule has 2 heterocycles. The van der Waals surface area contributed by atoms with Crippen LogP contribution in [0.1, 0.15) is 47.0 Å². The molecule has 2 aliphatic carbocycles. The fourth-order valence-corrected chi connectivity index (χ4v) is 4.51. The second-order valence-electron chi connectivity index (χ2n) is 6.97. The Morgan fingerprint density at radius 2 is 2.17 bits per heavy atom. The van der Waals surface area contributed by atoms with Gasteiger partial charge in [-0.25, -0.2) is 9.78 Å². The van der Waals surface area contributed by atoms with Crippen molar-refractivity contribution in [1.29, 1.82) is 0 Å². The summed E-state index contributed by atoms with van der Waals surface area (Å²) in [5.41, 5.74) is 0.589. The largest absolute Gasteiger partial charge is 0.386 e. The van der Waals surface area contributed by atoms with Crippen molar-refractivity contribution in [3.8, 4) is 0 Å². The van der Waals surface area contributed by atoms with Gasteiger partial charge in [-0.05, 0) is 43.6 Å². The van der Waals surface area contributed by atoms with Gasteiger partial charge in [-0.3, -0.25) is 0 Å². The predicted octanol–water partition coefficient (Wildman–Crippen LogP) is 2.84. The molecule has 5 atom stereocenters. The first-order valence-electron chi connectivity index (χ1n) is 7.11. The van der Waals surface area contributed by atoms with Gasteiger partial charge in [-0.2, -0.15) is 0 Å². The van der Waals surface area contributed by atoms with Crippen molar-refractivity contribution in [3.63, 3.8) is 0 Å². The smallest absolute Gasteiger partial charge is 0.141 e. The Morgan fingerprint density at radius 3 is 2.83 bits per heavy atom. The van der Waals surface area contributed by atoms with Crippen molar-refractivity contribution in [3.05, 3.63) is 11.6 Å². The Bertz CT molecular complexity index is 389. The van der Waals surface area contributed by atoms with E-state index in [1.54, 1.807) is 0 Å². The van der Waals surface area contributed by atoms with Gasteiger partial charge in [0.15, 0.2) is 0 Å². The standard InChI is InChI=1S/C15H24O3/c1-9(2)11-5-6-14(4)8-12-10(3)7-13(16)15(11,14)18-17-12/h7,9,11-13,16H,5-6,8H2,1-4H3/t11-,12-,13+,14-,15+/m1/s1. The second-order valence-corrected chi connectivity index (χ2v) is 6.97. The average Bonchev–Trinajstić information content (AvgIpc) is 2.52. The lowest BCUT2D eigenvalue weighted by atomic mass is 9.65. The first-order valence-corrected chi connectivity index (χ1v) is 7.11. The Hall–Kier alpha value is -0.380.